The van der Waals surface area contributed by atoms with Crippen molar-refractivity contribution >= 4 is 34.0 Å². The van der Waals surface area contributed by atoms with Crippen LogP contribution in [0.25, 0.3) is 0 Å². The van der Waals surface area contributed by atoms with E-state index in [-0.39, 0.29) is 24.2 Å². The Morgan fingerprint density at radius 1 is 1.33 bits per heavy atom. The normalized spacial score (nSPS) is 16.8. The number of nitrogens with one attached hydrogen (secondary N) is 1. The molecule has 0 bridgehead atoms. The summed E-state index contributed by atoms with van der Waals surface area (Å²) in [6, 6.07) is 6.05. The second kappa shape index (κ2) is 8.58. The minimum absolute atomic E-state index is 0.00862. The number of nitrogens with zero attached hydrogens (tertiary/aromatic N) is 3. The topological polar surface area (TPSA) is 84.4 Å². The molecule has 1 N–H and O–H groups in total. The van der Waals surface area contributed by atoms with Crippen LogP contribution in [-0.2, 0) is 14.3 Å². The van der Waals surface area contributed by atoms with Crippen molar-refractivity contribution in [1.82, 2.24) is 10.2 Å². The number of anilines is 2. The average Bonchev–Trinajstić information content (AvgIpc) is 3.24. The molecule has 1 fully saturated rings. The van der Waals surface area contributed by atoms with Gasteiger partial charge in [-0.2, -0.15) is 0 Å². The number of carbonyl (C=O) groups excluding carboxylic acids is 2. The average molecular weight is 388 g/mol. The molecule has 1 aromatic heterocycles. The van der Waals surface area contributed by atoms with Crippen molar-refractivity contribution in [2.24, 2.45) is 0 Å². The number of ether oxygens (including phenoxy) is 1. The molecule has 1 atom stereocenters. The van der Waals surface area contributed by atoms with Crippen molar-refractivity contribution in [3.63, 3.8) is 0 Å². The van der Waals surface area contributed by atoms with Gasteiger partial charge in [0, 0.05) is 31.2 Å². The van der Waals surface area contributed by atoms with Gasteiger partial charge in [-0.3, -0.25) is 9.59 Å². The van der Waals surface area contributed by atoms with Gasteiger partial charge >= 0.3 is 0 Å². The zero-order valence-corrected chi connectivity index (χ0v) is 16.6. The molecular formula is C19H24N4O3S. The Hall–Kier alpha value is -2.32. The van der Waals surface area contributed by atoms with E-state index in [4.69, 9.17) is 4.74 Å². The molecule has 1 aromatic carbocycles. The zero-order valence-electron chi connectivity index (χ0n) is 15.8. The number of carbonyl (C=O) groups is 2. The van der Waals surface area contributed by atoms with Gasteiger partial charge in [-0.05, 0) is 44.0 Å². The summed E-state index contributed by atoms with van der Waals surface area (Å²) < 4.78 is 5.17. The Morgan fingerprint density at radius 3 is 2.89 bits per heavy atom. The minimum Gasteiger partial charge on any atom is -0.381 e. The third kappa shape index (κ3) is 4.70. The Morgan fingerprint density at radius 2 is 2.15 bits per heavy atom. The van der Waals surface area contributed by atoms with Crippen LogP contribution in [0.15, 0.2) is 18.2 Å². The van der Waals surface area contributed by atoms with Crippen molar-refractivity contribution in [3.8, 4) is 0 Å². The highest BCUT2D eigenvalue weighted by Crippen LogP contribution is 2.34. The molecule has 0 radical (unpaired) electrons. The Labute approximate surface area is 162 Å². The van der Waals surface area contributed by atoms with Crippen molar-refractivity contribution in [2.45, 2.75) is 39.5 Å². The number of rotatable bonds is 7. The highest BCUT2D eigenvalue weighted by molar-refractivity contribution is 7.15. The van der Waals surface area contributed by atoms with Crippen LogP contribution in [0.1, 0.15) is 41.8 Å². The quantitative estimate of drug-likeness (QED) is 0.737. The molecule has 2 aromatic rings. The van der Waals surface area contributed by atoms with Gasteiger partial charge in [0.25, 0.3) is 0 Å². The van der Waals surface area contributed by atoms with Crippen molar-refractivity contribution < 1.29 is 14.3 Å². The van der Waals surface area contributed by atoms with E-state index in [0.717, 1.165) is 16.3 Å². The van der Waals surface area contributed by atoms with Gasteiger partial charge in [0.2, 0.25) is 16.9 Å². The van der Waals surface area contributed by atoms with Gasteiger partial charge < -0.3 is 15.0 Å². The number of hydrogen-bond donors (Lipinski definition) is 1. The van der Waals surface area contributed by atoms with Gasteiger partial charge in [0.05, 0.1) is 13.0 Å². The van der Waals surface area contributed by atoms with Crippen molar-refractivity contribution in [2.75, 3.05) is 30.0 Å². The number of aryl methyl sites for hydroxylation is 2. The van der Waals surface area contributed by atoms with E-state index in [1.807, 2.05) is 32.0 Å². The molecule has 0 aliphatic carbocycles. The van der Waals surface area contributed by atoms with Crippen LogP contribution in [0.4, 0.5) is 10.8 Å². The molecule has 1 aliphatic rings. The van der Waals surface area contributed by atoms with Crippen LogP contribution < -0.4 is 10.2 Å². The predicted molar refractivity (Wildman–Crippen MR) is 105 cm³/mol. The van der Waals surface area contributed by atoms with Crippen molar-refractivity contribution in [1.29, 1.82) is 0 Å². The first-order valence-corrected chi connectivity index (χ1v) is 9.88. The third-order valence-corrected chi connectivity index (χ3v) is 5.64. The van der Waals surface area contributed by atoms with E-state index >= 15 is 0 Å². The number of aromatic nitrogens is 2. The summed E-state index contributed by atoms with van der Waals surface area (Å²) in [6.07, 6.45) is 0.686. The molecule has 0 saturated carbocycles. The van der Waals surface area contributed by atoms with Crippen LogP contribution in [0.2, 0.25) is 0 Å². The molecule has 144 valence electrons. The maximum Gasteiger partial charge on any atom is 0.228 e. The zero-order chi connectivity index (χ0) is 19.4. The first-order valence-electron chi connectivity index (χ1n) is 9.06. The summed E-state index contributed by atoms with van der Waals surface area (Å²) in [6.45, 7) is 7.54. The van der Waals surface area contributed by atoms with E-state index in [9.17, 15) is 9.59 Å². The highest BCUT2D eigenvalue weighted by atomic mass is 32.1. The molecule has 8 heteroatoms. The van der Waals surface area contributed by atoms with Crippen LogP contribution >= 0.6 is 11.3 Å². The van der Waals surface area contributed by atoms with Gasteiger partial charge in [-0.1, -0.05) is 17.4 Å². The molecule has 2 amide bonds. The maximum atomic E-state index is 12.5. The summed E-state index contributed by atoms with van der Waals surface area (Å²) >= 11 is 1.33. The predicted octanol–water partition coefficient (Wildman–Crippen LogP) is 3.04. The number of hydrogen-bond acceptors (Lipinski definition) is 6. The lowest BCUT2D eigenvalue weighted by Crippen LogP contribution is -2.24. The first-order chi connectivity index (χ1) is 13.0. The van der Waals surface area contributed by atoms with Gasteiger partial charge in [-0.15, -0.1) is 10.2 Å². The fourth-order valence-corrected chi connectivity index (χ4v) is 3.81. The lowest BCUT2D eigenvalue weighted by atomic mass is 10.1. The largest absolute Gasteiger partial charge is 0.381 e. The molecular weight excluding hydrogens is 364 g/mol. The van der Waals surface area contributed by atoms with Crippen molar-refractivity contribution in [3.05, 3.63) is 34.3 Å². The second-order valence-corrected chi connectivity index (χ2v) is 7.62. The van der Waals surface area contributed by atoms with Crippen LogP contribution in [0, 0.1) is 13.8 Å². The number of amides is 2. The molecule has 0 unspecified atom stereocenters. The standard InChI is InChI=1S/C19H24N4O3S/c1-4-26-8-7-16(24)20-19-22-21-18(27-19)14-10-17(25)23(11-14)15-6-5-12(2)13(3)9-15/h5-6,9,14H,4,7-8,10-11H2,1-3H3,(H,20,22,24)/t14-/m1/s1. The second-order valence-electron chi connectivity index (χ2n) is 6.61. The van der Waals surface area contributed by atoms with Crippen LogP contribution in [0.3, 0.4) is 0 Å². The molecule has 1 saturated heterocycles. The van der Waals surface area contributed by atoms with E-state index < -0.39 is 0 Å². The summed E-state index contributed by atoms with van der Waals surface area (Å²) in [5, 5.41) is 12.2. The molecule has 3 rings (SSSR count). The molecule has 7 nitrogen and oxygen atoms in total. The smallest absolute Gasteiger partial charge is 0.228 e. The molecule has 1 aliphatic heterocycles. The lowest BCUT2D eigenvalue weighted by molar-refractivity contribution is -0.118. The van der Waals surface area contributed by atoms with E-state index in [1.165, 1.54) is 16.9 Å². The van der Waals surface area contributed by atoms with Crippen LogP contribution in [0.5, 0.6) is 0 Å². The Balaban J connectivity index is 1.63. The number of benzene rings is 1. The highest BCUT2D eigenvalue weighted by Gasteiger charge is 2.34. The van der Waals surface area contributed by atoms with E-state index in [2.05, 4.69) is 22.4 Å². The van der Waals surface area contributed by atoms with Gasteiger partial charge in [0.15, 0.2) is 0 Å². The fourth-order valence-electron chi connectivity index (χ4n) is 2.96. The third-order valence-electron chi connectivity index (χ3n) is 4.64. The monoisotopic (exact) mass is 388 g/mol. The van der Waals surface area contributed by atoms with Crippen LogP contribution in [-0.4, -0.2) is 41.8 Å². The maximum absolute atomic E-state index is 12.5. The lowest BCUT2D eigenvalue weighted by Gasteiger charge is -2.17. The van der Waals surface area contributed by atoms with E-state index in [1.54, 1.807) is 4.90 Å². The molecule has 27 heavy (non-hydrogen) atoms. The Kier molecular flexibility index (Phi) is 6.18. The summed E-state index contributed by atoms with van der Waals surface area (Å²) in [5.74, 6) is -0.0724. The van der Waals surface area contributed by atoms with Gasteiger partial charge in [0.1, 0.15) is 5.01 Å². The molecule has 2 heterocycles. The summed E-state index contributed by atoms with van der Waals surface area (Å²) in [5.41, 5.74) is 3.28. The fraction of sp³-hybridized carbons (Fsp3) is 0.474. The molecule has 0 spiro atoms. The summed E-state index contributed by atoms with van der Waals surface area (Å²) in [7, 11) is 0. The van der Waals surface area contributed by atoms with E-state index in [0.29, 0.717) is 31.3 Å². The Bertz CT molecular complexity index is 836. The SMILES string of the molecule is CCOCCC(=O)Nc1nnc([C@@H]2CC(=O)N(c3ccc(C)c(C)c3)C2)s1. The first kappa shape index (κ1) is 19.4. The van der Waals surface area contributed by atoms with Gasteiger partial charge in [-0.25, -0.2) is 0 Å². The minimum atomic E-state index is -0.148. The summed E-state index contributed by atoms with van der Waals surface area (Å²) in [4.78, 5) is 26.1.